The molecule has 0 aliphatic carbocycles. The fraction of sp³-hybridized carbons (Fsp3) is 0.382. The van der Waals surface area contributed by atoms with Crippen molar-refractivity contribution in [2.45, 2.75) is 19.3 Å². The Bertz CT molecular complexity index is 1450. The van der Waals surface area contributed by atoms with Crippen LogP contribution in [0.15, 0.2) is 66.7 Å². The number of carbonyl (C=O) groups excluding carboxylic acids is 3. The van der Waals surface area contributed by atoms with Crippen LogP contribution >= 0.6 is 23.2 Å². The fourth-order valence-corrected chi connectivity index (χ4v) is 6.09. The lowest BCUT2D eigenvalue weighted by Crippen LogP contribution is -2.50. The van der Waals surface area contributed by atoms with Gasteiger partial charge in [-0.05, 0) is 54.8 Å². The average molecular weight is 668 g/mol. The number of piperazine rings is 1. The van der Waals surface area contributed by atoms with Crippen LogP contribution in [0.2, 0.25) is 10.0 Å². The molecule has 12 heteroatoms. The van der Waals surface area contributed by atoms with Gasteiger partial charge in [0.1, 0.15) is 0 Å². The molecule has 0 atom stereocenters. The van der Waals surface area contributed by atoms with Crippen molar-refractivity contribution in [3.05, 3.63) is 87.9 Å². The number of aryl methyl sites for hydroxylation is 1. The van der Waals surface area contributed by atoms with Crippen molar-refractivity contribution in [2.24, 2.45) is 0 Å². The van der Waals surface area contributed by atoms with Gasteiger partial charge in [0.15, 0.2) is 0 Å². The number of hydrogen-bond acceptors (Lipinski definition) is 6. The molecule has 4 amide bonds. The quantitative estimate of drug-likeness (QED) is 0.254. The summed E-state index contributed by atoms with van der Waals surface area (Å²) in [6.07, 6.45) is 2.13. The highest BCUT2D eigenvalue weighted by atomic mass is 35.5. The SMILES string of the molecule is O=C(CCCc1ccccc1)Nc1ccc(N2CCN(C(=O)Nc3c(Cl)cc(C(=O)NCCN4CCOCC4)cc3Cl)CC2)cc1. The highest BCUT2D eigenvalue weighted by Crippen LogP contribution is 2.32. The average Bonchev–Trinajstić information content (AvgIpc) is 3.07. The maximum absolute atomic E-state index is 13.1. The number of carbonyl (C=O) groups is 3. The second kappa shape index (κ2) is 16.6. The van der Waals surface area contributed by atoms with Gasteiger partial charge in [0, 0.05) is 75.7 Å². The Hall–Kier alpha value is -3.83. The Morgan fingerprint density at radius 3 is 2.15 bits per heavy atom. The zero-order valence-electron chi connectivity index (χ0n) is 25.8. The minimum atomic E-state index is -0.309. The zero-order valence-corrected chi connectivity index (χ0v) is 27.3. The summed E-state index contributed by atoms with van der Waals surface area (Å²) in [4.78, 5) is 44.3. The Morgan fingerprint density at radius 2 is 1.48 bits per heavy atom. The number of ether oxygens (including phenoxy) is 1. The third-order valence-corrected chi connectivity index (χ3v) is 8.74. The van der Waals surface area contributed by atoms with Crippen molar-refractivity contribution in [3.63, 3.8) is 0 Å². The van der Waals surface area contributed by atoms with Crippen LogP contribution in [-0.4, -0.2) is 93.2 Å². The van der Waals surface area contributed by atoms with Gasteiger partial charge >= 0.3 is 6.03 Å². The highest BCUT2D eigenvalue weighted by molar-refractivity contribution is 6.40. The first-order chi connectivity index (χ1) is 22.4. The molecule has 2 aliphatic rings. The van der Waals surface area contributed by atoms with Gasteiger partial charge in [-0.2, -0.15) is 0 Å². The van der Waals surface area contributed by atoms with Crippen molar-refractivity contribution in [1.29, 1.82) is 0 Å². The highest BCUT2D eigenvalue weighted by Gasteiger charge is 2.23. The van der Waals surface area contributed by atoms with Crippen LogP contribution in [0.1, 0.15) is 28.8 Å². The Labute approximate surface area is 280 Å². The molecule has 2 aliphatic heterocycles. The minimum absolute atomic E-state index is 0.000834. The summed E-state index contributed by atoms with van der Waals surface area (Å²) in [5.74, 6) is -0.277. The van der Waals surface area contributed by atoms with E-state index >= 15 is 0 Å². The molecule has 0 saturated carbocycles. The van der Waals surface area contributed by atoms with Crippen LogP contribution in [0.5, 0.6) is 0 Å². The number of halogens is 2. The molecule has 5 rings (SSSR count). The molecule has 0 radical (unpaired) electrons. The number of nitrogens with one attached hydrogen (secondary N) is 3. The van der Waals surface area contributed by atoms with E-state index < -0.39 is 0 Å². The van der Waals surface area contributed by atoms with E-state index in [2.05, 4.69) is 37.9 Å². The zero-order chi connectivity index (χ0) is 32.3. The number of morpholine rings is 1. The molecule has 0 aromatic heterocycles. The molecule has 0 spiro atoms. The van der Waals surface area contributed by atoms with E-state index in [4.69, 9.17) is 27.9 Å². The van der Waals surface area contributed by atoms with Crippen LogP contribution in [0.4, 0.5) is 21.9 Å². The Balaban J connectivity index is 1.04. The van der Waals surface area contributed by atoms with Gasteiger partial charge in [-0.25, -0.2) is 4.79 Å². The summed E-state index contributed by atoms with van der Waals surface area (Å²) < 4.78 is 5.35. The van der Waals surface area contributed by atoms with Crippen LogP contribution in [0.3, 0.4) is 0 Å². The first-order valence-corrected chi connectivity index (χ1v) is 16.4. The third kappa shape index (κ3) is 9.59. The molecular formula is C34H40Cl2N6O4. The predicted molar refractivity (Wildman–Crippen MR) is 183 cm³/mol. The van der Waals surface area contributed by atoms with Crippen molar-refractivity contribution < 1.29 is 19.1 Å². The molecule has 0 unspecified atom stereocenters. The normalized spacial score (nSPS) is 15.3. The summed E-state index contributed by atoms with van der Waals surface area (Å²) in [6, 6.07) is 20.7. The number of anilines is 3. The summed E-state index contributed by atoms with van der Waals surface area (Å²) in [7, 11) is 0. The number of urea groups is 1. The van der Waals surface area contributed by atoms with Crippen molar-refractivity contribution in [3.8, 4) is 0 Å². The number of benzene rings is 3. The van der Waals surface area contributed by atoms with Gasteiger partial charge in [0.25, 0.3) is 5.91 Å². The van der Waals surface area contributed by atoms with Gasteiger partial charge in [-0.3, -0.25) is 14.5 Å². The maximum atomic E-state index is 13.1. The second-order valence-electron chi connectivity index (χ2n) is 11.4. The van der Waals surface area contributed by atoms with Gasteiger partial charge in [-0.15, -0.1) is 0 Å². The first kappa shape index (κ1) is 33.5. The smallest absolute Gasteiger partial charge is 0.322 e. The molecule has 244 valence electrons. The monoisotopic (exact) mass is 666 g/mol. The summed E-state index contributed by atoms with van der Waals surface area (Å²) in [6.45, 7) is 6.63. The summed E-state index contributed by atoms with van der Waals surface area (Å²) >= 11 is 12.9. The Morgan fingerprint density at radius 1 is 0.804 bits per heavy atom. The Kier molecular flexibility index (Phi) is 12.1. The summed E-state index contributed by atoms with van der Waals surface area (Å²) in [5, 5.41) is 9.08. The lowest BCUT2D eigenvalue weighted by atomic mass is 10.1. The van der Waals surface area contributed by atoms with Crippen LogP contribution in [-0.2, 0) is 16.0 Å². The van der Waals surface area contributed by atoms with Gasteiger partial charge in [0.2, 0.25) is 5.91 Å². The number of rotatable bonds is 11. The molecule has 46 heavy (non-hydrogen) atoms. The molecule has 3 aromatic rings. The fourth-order valence-electron chi connectivity index (χ4n) is 5.51. The van der Waals surface area contributed by atoms with Gasteiger partial charge < -0.3 is 30.5 Å². The molecule has 3 aromatic carbocycles. The largest absolute Gasteiger partial charge is 0.379 e. The standard InChI is InChI=1S/C34H40Cl2N6O4/c35-29-23-26(33(44)37-13-14-40-19-21-46-22-20-40)24-30(36)32(29)39-34(45)42-17-15-41(16-18-42)28-11-9-27(10-12-28)38-31(43)8-4-7-25-5-2-1-3-6-25/h1-3,5-6,9-12,23-24H,4,7-8,13-22H2,(H,37,44)(H,38,43)(H,39,45). The number of hydrogen-bond donors (Lipinski definition) is 3. The van der Waals surface area contributed by atoms with Gasteiger partial charge in [0.05, 0.1) is 28.9 Å². The summed E-state index contributed by atoms with van der Waals surface area (Å²) in [5.41, 5.74) is 3.62. The molecule has 2 saturated heterocycles. The molecule has 0 bridgehead atoms. The maximum Gasteiger partial charge on any atom is 0.322 e. The van der Waals surface area contributed by atoms with Crippen LogP contribution in [0.25, 0.3) is 0 Å². The lowest BCUT2D eigenvalue weighted by molar-refractivity contribution is -0.116. The van der Waals surface area contributed by atoms with E-state index in [1.807, 2.05) is 42.5 Å². The molecule has 10 nitrogen and oxygen atoms in total. The van der Waals surface area contributed by atoms with Crippen molar-refractivity contribution >= 4 is 58.1 Å². The minimum Gasteiger partial charge on any atom is -0.379 e. The predicted octanol–water partition coefficient (Wildman–Crippen LogP) is 5.37. The number of amides is 4. The topological polar surface area (TPSA) is 106 Å². The van der Waals surface area contributed by atoms with E-state index in [1.165, 1.54) is 17.7 Å². The molecular weight excluding hydrogens is 627 g/mol. The van der Waals surface area contributed by atoms with Crippen molar-refractivity contribution in [2.75, 3.05) is 81.1 Å². The van der Waals surface area contributed by atoms with Gasteiger partial charge in [-0.1, -0.05) is 53.5 Å². The third-order valence-electron chi connectivity index (χ3n) is 8.15. The lowest BCUT2D eigenvalue weighted by Gasteiger charge is -2.36. The van der Waals surface area contributed by atoms with E-state index in [9.17, 15) is 14.4 Å². The van der Waals surface area contributed by atoms with E-state index in [0.717, 1.165) is 43.9 Å². The molecule has 2 fully saturated rings. The molecule has 3 N–H and O–H groups in total. The van der Waals surface area contributed by atoms with Crippen LogP contribution < -0.4 is 20.9 Å². The molecule has 2 heterocycles. The number of nitrogens with zero attached hydrogens (tertiary/aromatic N) is 3. The van der Waals surface area contributed by atoms with E-state index in [1.54, 1.807) is 4.90 Å². The second-order valence-corrected chi connectivity index (χ2v) is 12.2. The van der Waals surface area contributed by atoms with Crippen LogP contribution in [0, 0.1) is 0 Å². The first-order valence-electron chi connectivity index (χ1n) is 15.7. The van der Waals surface area contributed by atoms with E-state index in [-0.39, 0.29) is 33.6 Å². The van der Waals surface area contributed by atoms with E-state index in [0.29, 0.717) is 57.9 Å². The van der Waals surface area contributed by atoms with Crippen molar-refractivity contribution in [1.82, 2.24) is 15.1 Å².